The van der Waals surface area contributed by atoms with E-state index < -0.39 is 0 Å². The number of amides is 2. The van der Waals surface area contributed by atoms with E-state index in [1.54, 1.807) is 0 Å². The summed E-state index contributed by atoms with van der Waals surface area (Å²) in [7, 11) is 0. The first-order chi connectivity index (χ1) is 11.9. The van der Waals surface area contributed by atoms with Crippen molar-refractivity contribution in [3.05, 3.63) is 23.8 Å². The first kappa shape index (κ1) is 20.8. The van der Waals surface area contributed by atoms with Crippen LogP contribution in [0.1, 0.15) is 52.0 Å². The summed E-state index contributed by atoms with van der Waals surface area (Å²) < 4.78 is 10.6. The normalized spacial score (nSPS) is 11.7. The number of primary amides is 1. The summed E-state index contributed by atoms with van der Waals surface area (Å²) >= 11 is 0. The molecule has 2 amide bonds. The lowest BCUT2D eigenvalue weighted by Gasteiger charge is -2.07. The Labute approximate surface area is 150 Å². The zero-order valence-corrected chi connectivity index (χ0v) is 15.5. The smallest absolute Gasteiger partial charge is 0.231 e. The molecule has 2 rings (SSSR count). The molecule has 6 nitrogen and oxygen atoms in total. The van der Waals surface area contributed by atoms with E-state index in [1.165, 1.54) is 0 Å². The Morgan fingerprint density at radius 3 is 2.52 bits per heavy atom. The van der Waals surface area contributed by atoms with Crippen LogP contribution in [0.5, 0.6) is 11.5 Å². The molecular weight excluding hydrogens is 320 g/mol. The van der Waals surface area contributed by atoms with Crippen molar-refractivity contribution in [2.24, 2.45) is 11.7 Å². The van der Waals surface area contributed by atoms with Gasteiger partial charge in [0.15, 0.2) is 11.5 Å². The van der Waals surface area contributed by atoms with Crippen molar-refractivity contribution in [3.63, 3.8) is 0 Å². The quantitative estimate of drug-likeness (QED) is 0.754. The summed E-state index contributed by atoms with van der Waals surface area (Å²) in [4.78, 5) is 21.4. The van der Waals surface area contributed by atoms with Gasteiger partial charge in [-0.3, -0.25) is 9.59 Å². The highest BCUT2D eigenvalue weighted by atomic mass is 16.7. The summed E-state index contributed by atoms with van der Waals surface area (Å²) in [5, 5.41) is 2.94. The van der Waals surface area contributed by atoms with Crippen molar-refractivity contribution in [1.29, 1.82) is 0 Å². The molecule has 1 aromatic rings. The number of ether oxygens (including phenoxy) is 2. The van der Waals surface area contributed by atoms with Crippen LogP contribution in [-0.4, -0.2) is 25.2 Å². The highest BCUT2D eigenvalue weighted by Gasteiger charge is 2.13. The van der Waals surface area contributed by atoms with Gasteiger partial charge in [0.1, 0.15) is 0 Å². The predicted molar refractivity (Wildman–Crippen MR) is 97.5 cm³/mol. The van der Waals surface area contributed by atoms with Crippen molar-refractivity contribution in [1.82, 2.24) is 5.32 Å². The van der Waals surface area contributed by atoms with Crippen LogP contribution in [0.15, 0.2) is 18.2 Å². The van der Waals surface area contributed by atoms with Gasteiger partial charge in [0.2, 0.25) is 18.6 Å². The third kappa shape index (κ3) is 8.98. The predicted octanol–water partition coefficient (Wildman–Crippen LogP) is 2.78. The van der Waals surface area contributed by atoms with E-state index in [0.717, 1.165) is 36.3 Å². The molecule has 0 fully saturated rings. The number of carbonyl (C=O) groups excluding carboxylic acids is 2. The van der Waals surface area contributed by atoms with E-state index in [2.05, 4.69) is 19.2 Å². The zero-order valence-electron chi connectivity index (χ0n) is 15.5. The van der Waals surface area contributed by atoms with Gasteiger partial charge in [-0.25, -0.2) is 0 Å². The molecule has 1 aliphatic rings. The maximum atomic E-state index is 11.6. The van der Waals surface area contributed by atoms with E-state index >= 15 is 0 Å². The average molecular weight is 350 g/mol. The Morgan fingerprint density at radius 1 is 1.20 bits per heavy atom. The van der Waals surface area contributed by atoms with Crippen LogP contribution in [0, 0.1) is 5.92 Å². The van der Waals surface area contributed by atoms with E-state index in [9.17, 15) is 9.59 Å². The number of rotatable bonds is 8. The van der Waals surface area contributed by atoms with Gasteiger partial charge in [-0.2, -0.15) is 0 Å². The molecule has 0 bridgehead atoms. The van der Waals surface area contributed by atoms with E-state index in [4.69, 9.17) is 15.2 Å². The van der Waals surface area contributed by atoms with Crippen LogP contribution in [-0.2, 0) is 16.0 Å². The second-order valence-electron chi connectivity index (χ2n) is 6.44. The summed E-state index contributed by atoms with van der Waals surface area (Å²) in [5.41, 5.74) is 5.91. The molecule has 0 aliphatic carbocycles. The lowest BCUT2D eigenvalue weighted by atomic mass is 10.1. The third-order valence-electron chi connectivity index (χ3n) is 3.62. The third-order valence-corrected chi connectivity index (χ3v) is 3.62. The van der Waals surface area contributed by atoms with Crippen molar-refractivity contribution in [2.75, 3.05) is 13.3 Å². The fourth-order valence-electron chi connectivity index (χ4n) is 2.20. The lowest BCUT2D eigenvalue weighted by Crippen LogP contribution is -2.25. The second-order valence-corrected chi connectivity index (χ2v) is 6.44. The molecule has 6 heteroatoms. The number of nitrogens with two attached hydrogens (primary N) is 1. The molecule has 1 aliphatic heterocycles. The lowest BCUT2D eigenvalue weighted by molar-refractivity contribution is -0.121. The van der Waals surface area contributed by atoms with Gasteiger partial charge >= 0.3 is 0 Å². The summed E-state index contributed by atoms with van der Waals surface area (Å²) in [5.74, 6) is 2.08. The first-order valence-corrected chi connectivity index (χ1v) is 8.85. The molecule has 1 heterocycles. The van der Waals surface area contributed by atoms with E-state index in [0.29, 0.717) is 32.1 Å². The SMILES string of the molecule is CC(C)CCC(=O)NCCc1ccc2c(c1)OCO2.CCCC(N)=O. The monoisotopic (exact) mass is 350 g/mol. The second kappa shape index (κ2) is 11.3. The molecule has 0 saturated heterocycles. The van der Waals surface area contributed by atoms with Crippen LogP contribution >= 0.6 is 0 Å². The Hall–Kier alpha value is -2.24. The minimum atomic E-state index is -0.211. The molecule has 0 unspecified atom stereocenters. The van der Waals surface area contributed by atoms with E-state index in [-0.39, 0.29) is 11.8 Å². The topological polar surface area (TPSA) is 90.7 Å². The van der Waals surface area contributed by atoms with Gasteiger partial charge in [0.25, 0.3) is 0 Å². The van der Waals surface area contributed by atoms with Gasteiger partial charge < -0.3 is 20.5 Å². The molecule has 140 valence electrons. The van der Waals surface area contributed by atoms with Crippen LogP contribution in [0.4, 0.5) is 0 Å². The maximum Gasteiger partial charge on any atom is 0.231 e. The Balaban J connectivity index is 0.000000450. The number of fused-ring (bicyclic) bond motifs is 1. The van der Waals surface area contributed by atoms with Crippen LogP contribution < -0.4 is 20.5 Å². The highest BCUT2D eigenvalue weighted by molar-refractivity contribution is 5.75. The van der Waals surface area contributed by atoms with Gasteiger partial charge in [0.05, 0.1) is 0 Å². The van der Waals surface area contributed by atoms with Gasteiger partial charge in [-0.15, -0.1) is 0 Å². The molecule has 0 saturated carbocycles. The van der Waals surface area contributed by atoms with Crippen molar-refractivity contribution < 1.29 is 19.1 Å². The minimum Gasteiger partial charge on any atom is -0.454 e. The largest absolute Gasteiger partial charge is 0.454 e. The first-order valence-electron chi connectivity index (χ1n) is 8.85. The maximum absolute atomic E-state index is 11.6. The summed E-state index contributed by atoms with van der Waals surface area (Å²) in [6, 6.07) is 5.90. The van der Waals surface area contributed by atoms with Crippen LogP contribution in [0.2, 0.25) is 0 Å². The molecule has 25 heavy (non-hydrogen) atoms. The standard InChI is InChI=1S/C15H21NO3.C4H9NO/c1-11(2)3-6-15(17)16-8-7-12-4-5-13-14(9-12)19-10-18-13;1-2-3-4(5)6/h4-5,9,11H,3,6-8,10H2,1-2H3,(H,16,17);2-3H2,1H3,(H2,5,6). The average Bonchev–Trinajstić information content (AvgIpc) is 3.01. The van der Waals surface area contributed by atoms with E-state index in [1.807, 2.05) is 25.1 Å². The van der Waals surface area contributed by atoms with Crippen molar-refractivity contribution in [2.45, 2.75) is 52.9 Å². The van der Waals surface area contributed by atoms with Crippen LogP contribution in [0.25, 0.3) is 0 Å². The van der Waals surface area contributed by atoms with Gasteiger partial charge in [-0.1, -0.05) is 26.8 Å². The molecule has 0 radical (unpaired) electrons. The zero-order chi connectivity index (χ0) is 18.7. The number of hydrogen-bond acceptors (Lipinski definition) is 4. The van der Waals surface area contributed by atoms with Crippen LogP contribution in [0.3, 0.4) is 0 Å². The molecule has 3 N–H and O–H groups in total. The Bertz CT molecular complexity index is 558. The number of nitrogens with one attached hydrogen (secondary N) is 1. The molecule has 0 atom stereocenters. The van der Waals surface area contributed by atoms with Crippen molar-refractivity contribution in [3.8, 4) is 11.5 Å². The van der Waals surface area contributed by atoms with Gasteiger partial charge in [-0.05, 0) is 42.9 Å². The minimum absolute atomic E-state index is 0.134. The summed E-state index contributed by atoms with van der Waals surface area (Å²) in [6.07, 6.45) is 3.73. The molecule has 0 aromatic heterocycles. The fourth-order valence-corrected chi connectivity index (χ4v) is 2.20. The number of carbonyl (C=O) groups is 2. The highest BCUT2D eigenvalue weighted by Crippen LogP contribution is 2.32. The molecule has 1 aromatic carbocycles. The Kier molecular flexibility index (Phi) is 9.43. The summed E-state index contributed by atoms with van der Waals surface area (Å²) in [6.45, 7) is 7.13. The van der Waals surface area contributed by atoms with Gasteiger partial charge in [0, 0.05) is 19.4 Å². The molecule has 0 spiro atoms. The Morgan fingerprint density at radius 2 is 1.92 bits per heavy atom. The fraction of sp³-hybridized carbons (Fsp3) is 0.579. The van der Waals surface area contributed by atoms with Crippen molar-refractivity contribution >= 4 is 11.8 Å². The molecular formula is C19H30N2O4. The number of hydrogen-bond donors (Lipinski definition) is 2. The number of benzene rings is 1.